The standard InChI is InChI=1S/C14H14N4O2S/c1-8-11(14(15-2)21-18-8)13-16-12(17-20-13)9-4-6-10(19-3)7-5-9/h4-7,15H,1-3H3. The Bertz CT molecular complexity index is 749. The number of nitrogens with one attached hydrogen (secondary N) is 1. The molecule has 2 heterocycles. The lowest BCUT2D eigenvalue weighted by Crippen LogP contribution is -1.89. The van der Waals surface area contributed by atoms with E-state index in [4.69, 9.17) is 9.26 Å². The summed E-state index contributed by atoms with van der Waals surface area (Å²) in [7, 11) is 3.48. The van der Waals surface area contributed by atoms with Crippen molar-refractivity contribution in [2.75, 3.05) is 19.5 Å². The molecule has 3 rings (SSSR count). The number of aromatic nitrogens is 3. The summed E-state index contributed by atoms with van der Waals surface area (Å²) in [5, 5.41) is 8.04. The highest BCUT2D eigenvalue weighted by atomic mass is 32.1. The number of ether oxygens (including phenoxy) is 1. The van der Waals surface area contributed by atoms with E-state index in [1.807, 2.05) is 38.2 Å². The van der Waals surface area contributed by atoms with Crippen molar-refractivity contribution < 1.29 is 9.26 Å². The fourth-order valence-electron chi connectivity index (χ4n) is 1.97. The van der Waals surface area contributed by atoms with Crippen molar-refractivity contribution in [3.63, 3.8) is 0 Å². The van der Waals surface area contributed by atoms with Gasteiger partial charge >= 0.3 is 0 Å². The Morgan fingerprint density at radius 1 is 1.24 bits per heavy atom. The van der Waals surface area contributed by atoms with E-state index in [0.717, 1.165) is 27.6 Å². The van der Waals surface area contributed by atoms with Crippen LogP contribution in [-0.2, 0) is 0 Å². The maximum Gasteiger partial charge on any atom is 0.263 e. The van der Waals surface area contributed by atoms with Crippen molar-refractivity contribution >= 4 is 16.5 Å². The number of aryl methyl sites for hydroxylation is 1. The lowest BCUT2D eigenvalue weighted by atomic mass is 10.2. The molecule has 0 aliphatic rings. The summed E-state index contributed by atoms with van der Waals surface area (Å²) < 4.78 is 14.8. The maximum atomic E-state index is 5.38. The Balaban J connectivity index is 1.97. The molecule has 0 saturated carbocycles. The first-order chi connectivity index (χ1) is 10.2. The van der Waals surface area contributed by atoms with Gasteiger partial charge in [0.05, 0.1) is 18.4 Å². The fourth-order valence-corrected chi connectivity index (χ4v) is 2.71. The second-order valence-electron chi connectivity index (χ2n) is 4.37. The zero-order valence-corrected chi connectivity index (χ0v) is 12.7. The topological polar surface area (TPSA) is 73.1 Å². The highest BCUT2D eigenvalue weighted by molar-refractivity contribution is 7.10. The molecule has 6 nitrogen and oxygen atoms in total. The minimum Gasteiger partial charge on any atom is -0.497 e. The van der Waals surface area contributed by atoms with Gasteiger partial charge in [0, 0.05) is 12.6 Å². The van der Waals surface area contributed by atoms with Gasteiger partial charge in [-0.3, -0.25) is 0 Å². The first kappa shape index (κ1) is 13.6. The highest BCUT2D eigenvalue weighted by Crippen LogP contribution is 2.34. The van der Waals surface area contributed by atoms with Crippen molar-refractivity contribution in [3.8, 4) is 28.6 Å². The zero-order chi connectivity index (χ0) is 14.8. The molecular formula is C14H14N4O2S. The number of hydrogen-bond donors (Lipinski definition) is 1. The molecule has 0 unspecified atom stereocenters. The lowest BCUT2D eigenvalue weighted by Gasteiger charge is -1.99. The van der Waals surface area contributed by atoms with Crippen LogP contribution in [0.25, 0.3) is 22.8 Å². The van der Waals surface area contributed by atoms with Gasteiger partial charge in [-0.05, 0) is 42.7 Å². The summed E-state index contributed by atoms with van der Waals surface area (Å²) in [5.41, 5.74) is 2.60. The van der Waals surface area contributed by atoms with Crippen LogP contribution in [-0.4, -0.2) is 28.7 Å². The molecule has 1 aromatic carbocycles. The Kier molecular flexibility index (Phi) is 3.57. The van der Waals surface area contributed by atoms with E-state index in [1.54, 1.807) is 7.11 Å². The van der Waals surface area contributed by atoms with Crippen LogP contribution in [0.5, 0.6) is 5.75 Å². The molecule has 21 heavy (non-hydrogen) atoms. The van der Waals surface area contributed by atoms with E-state index >= 15 is 0 Å². The third-order valence-corrected chi connectivity index (χ3v) is 4.03. The number of nitrogens with zero attached hydrogens (tertiary/aromatic N) is 3. The Labute approximate surface area is 125 Å². The van der Waals surface area contributed by atoms with Gasteiger partial charge in [-0.15, -0.1) is 0 Å². The molecule has 0 aliphatic carbocycles. The van der Waals surface area contributed by atoms with Crippen LogP contribution in [0.15, 0.2) is 28.8 Å². The van der Waals surface area contributed by atoms with Gasteiger partial charge in [-0.2, -0.15) is 9.36 Å². The Morgan fingerprint density at radius 3 is 2.67 bits per heavy atom. The molecule has 0 saturated heterocycles. The van der Waals surface area contributed by atoms with Gasteiger partial charge in [0.1, 0.15) is 10.8 Å². The van der Waals surface area contributed by atoms with E-state index in [0.29, 0.717) is 11.7 Å². The van der Waals surface area contributed by atoms with Crippen LogP contribution in [0.2, 0.25) is 0 Å². The number of benzene rings is 1. The van der Waals surface area contributed by atoms with Crippen molar-refractivity contribution in [3.05, 3.63) is 30.0 Å². The van der Waals surface area contributed by atoms with E-state index in [-0.39, 0.29) is 0 Å². The van der Waals surface area contributed by atoms with E-state index in [2.05, 4.69) is 19.8 Å². The summed E-state index contributed by atoms with van der Waals surface area (Å²) in [6.07, 6.45) is 0. The van der Waals surface area contributed by atoms with Gasteiger partial charge in [0.25, 0.3) is 5.89 Å². The first-order valence-corrected chi connectivity index (χ1v) is 7.12. The van der Waals surface area contributed by atoms with Crippen LogP contribution in [0.3, 0.4) is 0 Å². The van der Waals surface area contributed by atoms with Gasteiger partial charge in [0.2, 0.25) is 5.82 Å². The van der Waals surface area contributed by atoms with Gasteiger partial charge in [-0.1, -0.05) is 5.16 Å². The summed E-state index contributed by atoms with van der Waals surface area (Å²) >= 11 is 1.38. The molecule has 3 aromatic rings. The van der Waals surface area contributed by atoms with Crippen LogP contribution in [0.1, 0.15) is 5.69 Å². The molecule has 0 radical (unpaired) electrons. The molecule has 0 atom stereocenters. The third-order valence-electron chi connectivity index (χ3n) is 3.08. The number of methoxy groups -OCH3 is 1. The van der Waals surface area contributed by atoms with E-state index in [9.17, 15) is 0 Å². The molecule has 0 bridgehead atoms. The zero-order valence-electron chi connectivity index (χ0n) is 11.9. The van der Waals surface area contributed by atoms with E-state index < -0.39 is 0 Å². The van der Waals surface area contributed by atoms with Crippen molar-refractivity contribution in [1.29, 1.82) is 0 Å². The SMILES string of the molecule is CNc1snc(C)c1-c1nc(-c2ccc(OC)cc2)no1. The van der Waals surface area contributed by atoms with Gasteiger partial charge in [0.15, 0.2) is 0 Å². The molecule has 7 heteroatoms. The van der Waals surface area contributed by atoms with Crippen molar-refractivity contribution in [2.45, 2.75) is 6.92 Å². The molecule has 0 spiro atoms. The van der Waals surface area contributed by atoms with Crippen LogP contribution < -0.4 is 10.1 Å². The average molecular weight is 302 g/mol. The summed E-state index contributed by atoms with van der Waals surface area (Å²) in [5.74, 6) is 1.80. The summed E-state index contributed by atoms with van der Waals surface area (Å²) in [6, 6.07) is 7.51. The second-order valence-corrected chi connectivity index (χ2v) is 5.15. The smallest absolute Gasteiger partial charge is 0.263 e. The number of anilines is 1. The minimum atomic E-state index is 0.469. The molecule has 2 aromatic heterocycles. The molecular weight excluding hydrogens is 288 g/mol. The summed E-state index contributed by atoms with van der Waals surface area (Å²) in [6.45, 7) is 1.92. The first-order valence-electron chi connectivity index (χ1n) is 6.35. The molecule has 0 amide bonds. The fraction of sp³-hybridized carbons (Fsp3) is 0.214. The minimum absolute atomic E-state index is 0.469. The molecule has 0 fully saturated rings. The quantitative estimate of drug-likeness (QED) is 0.797. The average Bonchev–Trinajstić information content (AvgIpc) is 3.13. The van der Waals surface area contributed by atoms with Crippen LogP contribution in [0, 0.1) is 6.92 Å². The predicted molar refractivity (Wildman–Crippen MR) is 81.7 cm³/mol. The lowest BCUT2D eigenvalue weighted by molar-refractivity contribution is 0.415. The number of rotatable bonds is 4. The summed E-state index contributed by atoms with van der Waals surface area (Å²) in [4.78, 5) is 4.46. The predicted octanol–water partition coefficient (Wildman–Crippen LogP) is 3.22. The molecule has 1 N–H and O–H groups in total. The number of hydrogen-bond acceptors (Lipinski definition) is 7. The monoisotopic (exact) mass is 302 g/mol. The molecule has 0 aliphatic heterocycles. The highest BCUT2D eigenvalue weighted by Gasteiger charge is 2.19. The van der Waals surface area contributed by atoms with Gasteiger partial charge in [-0.25, -0.2) is 0 Å². The largest absolute Gasteiger partial charge is 0.497 e. The van der Waals surface area contributed by atoms with Crippen molar-refractivity contribution in [2.24, 2.45) is 0 Å². The van der Waals surface area contributed by atoms with Gasteiger partial charge < -0.3 is 14.6 Å². The van der Waals surface area contributed by atoms with E-state index in [1.165, 1.54) is 11.5 Å². The second kappa shape index (κ2) is 5.53. The Hall–Kier alpha value is -2.41. The normalized spacial score (nSPS) is 10.6. The molecule has 108 valence electrons. The van der Waals surface area contributed by atoms with Crippen LogP contribution in [0.4, 0.5) is 5.00 Å². The Morgan fingerprint density at radius 2 is 2.00 bits per heavy atom. The maximum absolute atomic E-state index is 5.38. The third kappa shape index (κ3) is 2.47. The van der Waals surface area contributed by atoms with Crippen LogP contribution >= 0.6 is 11.5 Å². The van der Waals surface area contributed by atoms with Crippen molar-refractivity contribution in [1.82, 2.24) is 14.5 Å².